The Balaban J connectivity index is 1.55. The van der Waals surface area contributed by atoms with Gasteiger partial charge in [0.2, 0.25) is 5.43 Å². The average molecular weight is 456 g/mol. The molecule has 34 heavy (non-hydrogen) atoms. The van der Waals surface area contributed by atoms with Gasteiger partial charge in [-0.05, 0) is 47.9 Å². The number of aryl methyl sites for hydroxylation is 1. The molecule has 172 valence electrons. The van der Waals surface area contributed by atoms with Crippen LogP contribution in [0, 0.1) is 0 Å². The van der Waals surface area contributed by atoms with E-state index in [0.717, 1.165) is 18.4 Å². The minimum absolute atomic E-state index is 0.158. The van der Waals surface area contributed by atoms with Crippen molar-refractivity contribution in [2.45, 2.75) is 26.2 Å². The zero-order valence-electron chi connectivity index (χ0n) is 18.8. The fourth-order valence-electron chi connectivity index (χ4n) is 4.02. The lowest BCUT2D eigenvalue weighted by Crippen LogP contribution is -2.11. The normalized spacial score (nSPS) is 12.9. The molecule has 0 spiro atoms. The highest BCUT2D eigenvalue weighted by Crippen LogP contribution is 2.34. The highest BCUT2D eigenvalue weighted by atomic mass is 16.5. The van der Waals surface area contributed by atoms with Gasteiger partial charge in [0, 0.05) is 12.5 Å². The molecule has 3 aromatic carbocycles. The third kappa shape index (κ3) is 4.27. The van der Waals surface area contributed by atoms with Gasteiger partial charge in [0.1, 0.15) is 17.6 Å². The number of benzene rings is 3. The van der Waals surface area contributed by atoms with E-state index in [-0.39, 0.29) is 5.43 Å². The van der Waals surface area contributed by atoms with Crippen LogP contribution < -0.4 is 19.6 Å². The molecule has 0 saturated heterocycles. The number of hydrogen-bond acceptors (Lipinski definition) is 6. The third-order valence-corrected chi connectivity index (χ3v) is 5.75. The quantitative estimate of drug-likeness (QED) is 0.279. The van der Waals surface area contributed by atoms with Crippen LogP contribution in [0.3, 0.4) is 0 Å². The van der Waals surface area contributed by atoms with Gasteiger partial charge < -0.3 is 18.6 Å². The van der Waals surface area contributed by atoms with Gasteiger partial charge in [0.15, 0.2) is 11.5 Å². The first kappa shape index (κ1) is 21.8. The van der Waals surface area contributed by atoms with Crippen molar-refractivity contribution in [1.82, 2.24) is 0 Å². The molecule has 4 aromatic rings. The van der Waals surface area contributed by atoms with E-state index in [0.29, 0.717) is 64.5 Å². The maximum atomic E-state index is 13.4. The largest absolute Gasteiger partial charge is 0.490 e. The van der Waals surface area contributed by atoms with Crippen molar-refractivity contribution in [2.24, 2.45) is 0 Å². The molecule has 6 heteroatoms. The molecule has 0 radical (unpaired) electrons. The zero-order chi connectivity index (χ0) is 23.5. The first-order valence-corrected chi connectivity index (χ1v) is 11.4. The predicted molar refractivity (Wildman–Crippen MR) is 129 cm³/mol. The fourth-order valence-corrected chi connectivity index (χ4v) is 4.02. The molecule has 0 saturated carbocycles. The van der Waals surface area contributed by atoms with E-state index in [1.54, 1.807) is 36.4 Å². The van der Waals surface area contributed by atoms with Gasteiger partial charge in [-0.3, -0.25) is 4.79 Å². The summed E-state index contributed by atoms with van der Waals surface area (Å²) in [6, 6.07) is 17.6. The van der Waals surface area contributed by atoms with E-state index in [1.807, 2.05) is 31.2 Å². The molecule has 1 aliphatic heterocycles. The van der Waals surface area contributed by atoms with Crippen molar-refractivity contribution in [3.05, 3.63) is 88.3 Å². The van der Waals surface area contributed by atoms with Gasteiger partial charge in [-0.25, -0.2) is 4.79 Å². The zero-order valence-corrected chi connectivity index (χ0v) is 18.8. The molecule has 0 N–H and O–H groups in total. The third-order valence-electron chi connectivity index (χ3n) is 5.75. The summed E-state index contributed by atoms with van der Waals surface area (Å²) in [5, 5.41) is 0.438. The minimum atomic E-state index is -0.455. The summed E-state index contributed by atoms with van der Waals surface area (Å²) >= 11 is 0. The van der Waals surface area contributed by atoms with Crippen LogP contribution in [0.1, 0.15) is 35.7 Å². The summed E-state index contributed by atoms with van der Waals surface area (Å²) < 4.78 is 23.0. The number of ether oxygens (including phenoxy) is 3. The Morgan fingerprint density at radius 3 is 2.56 bits per heavy atom. The first-order valence-electron chi connectivity index (χ1n) is 11.4. The van der Waals surface area contributed by atoms with Crippen molar-refractivity contribution >= 4 is 16.9 Å². The Hall–Kier alpha value is -4.06. The number of esters is 1. The lowest BCUT2D eigenvalue weighted by Gasteiger charge is -2.12. The lowest BCUT2D eigenvalue weighted by molar-refractivity contribution is 0.0733. The van der Waals surface area contributed by atoms with Crippen LogP contribution >= 0.6 is 0 Å². The number of carbonyl (C=O) groups excluding carboxylic acids is 1. The summed E-state index contributed by atoms with van der Waals surface area (Å²) in [5.41, 5.74) is 2.56. The van der Waals surface area contributed by atoms with Crippen LogP contribution in [-0.4, -0.2) is 19.2 Å². The number of rotatable bonds is 5. The Bertz CT molecular complexity index is 1400. The van der Waals surface area contributed by atoms with E-state index in [2.05, 4.69) is 0 Å². The van der Waals surface area contributed by atoms with E-state index in [9.17, 15) is 9.59 Å². The second-order valence-electron chi connectivity index (χ2n) is 8.15. The Morgan fingerprint density at radius 2 is 1.76 bits per heavy atom. The molecule has 5 rings (SSSR count). The summed E-state index contributed by atoms with van der Waals surface area (Å²) in [4.78, 5) is 26.1. The Kier molecular flexibility index (Phi) is 6.04. The molecule has 2 heterocycles. The van der Waals surface area contributed by atoms with Crippen molar-refractivity contribution in [3.8, 4) is 28.4 Å². The molecule has 1 aromatic heterocycles. The van der Waals surface area contributed by atoms with Crippen molar-refractivity contribution in [3.63, 3.8) is 0 Å². The van der Waals surface area contributed by atoms with E-state index >= 15 is 0 Å². The van der Waals surface area contributed by atoms with Crippen LogP contribution in [0.15, 0.2) is 76.1 Å². The second-order valence-corrected chi connectivity index (χ2v) is 8.15. The van der Waals surface area contributed by atoms with Crippen LogP contribution in [0.25, 0.3) is 22.1 Å². The van der Waals surface area contributed by atoms with E-state index in [1.165, 1.54) is 6.26 Å². The molecule has 1 aliphatic rings. The molecule has 6 nitrogen and oxygen atoms in total. The van der Waals surface area contributed by atoms with Crippen LogP contribution in [0.4, 0.5) is 0 Å². The first-order chi connectivity index (χ1) is 16.6. The smallest absolute Gasteiger partial charge is 0.343 e. The van der Waals surface area contributed by atoms with E-state index in [4.69, 9.17) is 18.6 Å². The monoisotopic (exact) mass is 456 g/mol. The molecule has 0 bridgehead atoms. The van der Waals surface area contributed by atoms with E-state index < -0.39 is 5.97 Å². The SMILES string of the molecule is CCCc1cc2c(=O)c(-c3ccc4c(c3)OCCCO4)coc2cc1OC(=O)c1ccccc1. The van der Waals surface area contributed by atoms with Crippen molar-refractivity contribution in [1.29, 1.82) is 0 Å². The molecule has 0 aliphatic carbocycles. The van der Waals surface area contributed by atoms with Gasteiger partial charge >= 0.3 is 5.97 Å². The molecule has 0 unspecified atom stereocenters. The average Bonchev–Trinajstić information content (AvgIpc) is 3.11. The topological polar surface area (TPSA) is 75.0 Å². The minimum Gasteiger partial charge on any atom is -0.490 e. The molecular formula is C28H24O6. The summed E-state index contributed by atoms with van der Waals surface area (Å²) in [6.45, 7) is 3.19. The van der Waals surface area contributed by atoms with Gasteiger partial charge in [-0.1, -0.05) is 37.6 Å². The van der Waals surface area contributed by atoms with Crippen molar-refractivity contribution in [2.75, 3.05) is 13.2 Å². The number of hydrogen-bond donors (Lipinski definition) is 0. The summed E-state index contributed by atoms with van der Waals surface area (Å²) in [5.74, 6) is 1.23. The number of fused-ring (bicyclic) bond motifs is 2. The van der Waals surface area contributed by atoms with Crippen LogP contribution in [-0.2, 0) is 6.42 Å². The maximum Gasteiger partial charge on any atom is 0.343 e. The van der Waals surface area contributed by atoms with Crippen LogP contribution in [0.2, 0.25) is 0 Å². The Morgan fingerprint density at radius 1 is 0.971 bits per heavy atom. The van der Waals surface area contributed by atoms with Gasteiger partial charge in [0.05, 0.1) is 29.7 Å². The lowest BCUT2D eigenvalue weighted by atomic mass is 10.0. The molecule has 0 atom stereocenters. The molecule has 0 fully saturated rings. The maximum absolute atomic E-state index is 13.4. The predicted octanol–water partition coefficient (Wildman–Crippen LogP) is 5.79. The number of carbonyl (C=O) groups is 1. The molecule has 0 amide bonds. The summed E-state index contributed by atoms with van der Waals surface area (Å²) in [7, 11) is 0. The standard InChI is InChI=1S/C28H24O6/c1-2-7-20-14-21-25(16-24(20)34-28(30)18-8-4-3-5-9-18)33-17-22(27(21)29)19-10-11-23-26(15-19)32-13-6-12-31-23/h3-5,8-11,14-17H,2,6-7,12-13H2,1H3. The molecular weight excluding hydrogens is 432 g/mol. The summed E-state index contributed by atoms with van der Waals surface area (Å²) in [6.07, 6.45) is 3.72. The highest BCUT2D eigenvalue weighted by Gasteiger charge is 2.18. The van der Waals surface area contributed by atoms with Crippen molar-refractivity contribution < 1.29 is 23.4 Å². The second kappa shape index (κ2) is 9.43. The van der Waals surface area contributed by atoms with Gasteiger partial charge in [-0.15, -0.1) is 0 Å². The van der Waals surface area contributed by atoms with Gasteiger partial charge in [-0.2, -0.15) is 0 Å². The fraction of sp³-hybridized carbons (Fsp3) is 0.214. The highest BCUT2D eigenvalue weighted by molar-refractivity contribution is 5.92. The van der Waals surface area contributed by atoms with Gasteiger partial charge in [0.25, 0.3) is 0 Å². The van der Waals surface area contributed by atoms with Crippen LogP contribution in [0.5, 0.6) is 17.2 Å². The Labute approximate surface area is 196 Å².